The number of esters is 1. The number of hydrogen-bond donors (Lipinski definition) is 1. The number of carbonyl (C=O) groups is 2. The van der Waals surface area contributed by atoms with Gasteiger partial charge in [0.05, 0.1) is 33.8 Å². The van der Waals surface area contributed by atoms with Gasteiger partial charge in [0.1, 0.15) is 19.3 Å². The fraction of sp³-hybridized carbons (Fsp3) is 0.881. The highest BCUT2D eigenvalue weighted by Crippen LogP contribution is 2.38. The number of nitrogens with one attached hydrogen (secondary N) is 1. The van der Waals surface area contributed by atoms with E-state index < -0.39 is 20.0 Å². The van der Waals surface area contributed by atoms with Gasteiger partial charge in [0.25, 0.3) is 7.82 Å². The number of phosphoric acid groups is 1. The smallest absolute Gasteiger partial charge is 0.306 e. The molecule has 3 atom stereocenters. The zero-order chi connectivity index (χ0) is 56.4. The molecule has 10 heteroatoms. The van der Waals surface area contributed by atoms with Crippen molar-refractivity contribution in [3.8, 4) is 0 Å². The number of phosphoric ester groups is 1. The molecule has 1 amide bonds. The van der Waals surface area contributed by atoms with Gasteiger partial charge in [-0.05, 0) is 63.9 Å². The first-order chi connectivity index (χ1) is 37.4. The van der Waals surface area contributed by atoms with Crippen molar-refractivity contribution in [2.75, 3.05) is 40.9 Å². The molecule has 9 nitrogen and oxygen atoms in total. The molecule has 0 aromatic heterocycles. The Morgan fingerprint density at radius 3 is 1.19 bits per heavy atom. The molecule has 0 aliphatic carbocycles. The van der Waals surface area contributed by atoms with Gasteiger partial charge in [0, 0.05) is 12.8 Å². The lowest BCUT2D eigenvalue weighted by Gasteiger charge is -2.30. The third-order valence-corrected chi connectivity index (χ3v) is 16.0. The zero-order valence-corrected chi connectivity index (χ0v) is 52.8. The summed E-state index contributed by atoms with van der Waals surface area (Å²) in [5.41, 5.74) is 0. The predicted octanol–water partition coefficient (Wildman–Crippen LogP) is 20.0. The van der Waals surface area contributed by atoms with Crippen LogP contribution < -0.4 is 10.2 Å². The Hall–Kier alpha value is -1.77. The van der Waals surface area contributed by atoms with Crippen molar-refractivity contribution < 1.29 is 37.3 Å². The lowest BCUT2D eigenvalue weighted by atomic mass is 10.0. The van der Waals surface area contributed by atoms with Crippen LogP contribution in [0.15, 0.2) is 36.5 Å². The van der Waals surface area contributed by atoms with Crippen LogP contribution >= 0.6 is 7.82 Å². The van der Waals surface area contributed by atoms with Crippen molar-refractivity contribution in [1.29, 1.82) is 0 Å². The Balaban J connectivity index is 5.02. The highest BCUT2D eigenvalue weighted by atomic mass is 31.2. The van der Waals surface area contributed by atoms with Crippen LogP contribution in [0.2, 0.25) is 0 Å². The van der Waals surface area contributed by atoms with Crippen molar-refractivity contribution in [1.82, 2.24) is 5.32 Å². The van der Waals surface area contributed by atoms with E-state index in [2.05, 4.69) is 50.4 Å². The molecule has 0 fully saturated rings. The number of nitrogens with zero attached hydrogens (tertiary/aromatic N) is 1. The van der Waals surface area contributed by atoms with Crippen LogP contribution in [0.5, 0.6) is 0 Å². The van der Waals surface area contributed by atoms with Crippen LogP contribution in [-0.4, -0.2) is 69.4 Å². The molecule has 0 spiro atoms. The Morgan fingerprint density at radius 2 is 0.792 bits per heavy atom. The molecule has 1 N–H and O–H groups in total. The van der Waals surface area contributed by atoms with Crippen LogP contribution in [-0.2, 0) is 27.9 Å². The first-order valence-electron chi connectivity index (χ1n) is 33.3. The van der Waals surface area contributed by atoms with E-state index in [1.54, 1.807) is 0 Å². The molecular formula is C67H129N2O7P. The minimum absolute atomic E-state index is 0.0191. The summed E-state index contributed by atoms with van der Waals surface area (Å²) in [5, 5.41) is 3.04. The molecule has 0 radical (unpaired) electrons. The van der Waals surface area contributed by atoms with E-state index in [1.165, 1.54) is 231 Å². The molecule has 454 valence electrons. The molecule has 0 rings (SSSR count). The minimum Gasteiger partial charge on any atom is -0.756 e. The average Bonchev–Trinajstić information content (AvgIpc) is 3.39. The summed E-state index contributed by atoms with van der Waals surface area (Å²) in [6.45, 7) is 6.86. The highest BCUT2D eigenvalue weighted by Gasteiger charge is 2.27. The summed E-state index contributed by atoms with van der Waals surface area (Å²) in [5.74, 6) is -0.525. The van der Waals surface area contributed by atoms with E-state index >= 15 is 0 Å². The summed E-state index contributed by atoms with van der Waals surface area (Å²) >= 11 is 0. The molecule has 0 bridgehead atoms. The number of carbonyl (C=O) groups excluding carboxylic acids is 2. The van der Waals surface area contributed by atoms with E-state index in [4.69, 9.17) is 13.8 Å². The normalized spacial score (nSPS) is 13.8. The Bertz CT molecular complexity index is 1410. The number of rotatable bonds is 61. The van der Waals surface area contributed by atoms with Gasteiger partial charge in [-0.2, -0.15) is 0 Å². The second-order valence-electron chi connectivity index (χ2n) is 24.0. The number of hydrogen-bond acceptors (Lipinski definition) is 7. The summed E-state index contributed by atoms with van der Waals surface area (Å²) in [6.07, 6.45) is 69.8. The first kappa shape index (κ1) is 75.2. The fourth-order valence-corrected chi connectivity index (χ4v) is 10.6. The maximum absolute atomic E-state index is 13.5. The van der Waals surface area contributed by atoms with Crippen LogP contribution in [0.3, 0.4) is 0 Å². The molecular weight excluding hydrogens is 976 g/mol. The summed E-state index contributed by atoms with van der Waals surface area (Å²) in [4.78, 5) is 40.0. The number of quaternary nitrogens is 1. The van der Waals surface area contributed by atoms with Gasteiger partial charge in [0.15, 0.2) is 0 Å². The van der Waals surface area contributed by atoms with E-state index in [1.807, 2.05) is 33.3 Å². The topological polar surface area (TPSA) is 114 Å². The maximum atomic E-state index is 13.5. The molecule has 0 aromatic carbocycles. The van der Waals surface area contributed by atoms with Crippen LogP contribution in [0.1, 0.15) is 329 Å². The molecule has 0 aliphatic rings. The van der Waals surface area contributed by atoms with Crippen molar-refractivity contribution in [2.45, 2.75) is 341 Å². The summed E-state index contributed by atoms with van der Waals surface area (Å²) in [6, 6.07) is -0.883. The monoisotopic (exact) mass is 1100 g/mol. The number of ether oxygens (including phenoxy) is 1. The second kappa shape index (κ2) is 57.5. The van der Waals surface area contributed by atoms with Crippen molar-refractivity contribution in [3.63, 3.8) is 0 Å². The lowest BCUT2D eigenvalue weighted by molar-refractivity contribution is -0.870. The Labute approximate surface area is 478 Å². The van der Waals surface area contributed by atoms with E-state index in [9.17, 15) is 19.0 Å². The Kier molecular flexibility index (Phi) is 56.1. The van der Waals surface area contributed by atoms with E-state index in [0.717, 1.165) is 64.2 Å². The van der Waals surface area contributed by atoms with Crippen LogP contribution in [0, 0.1) is 0 Å². The molecule has 0 saturated carbocycles. The van der Waals surface area contributed by atoms with Crippen molar-refractivity contribution in [2.24, 2.45) is 0 Å². The largest absolute Gasteiger partial charge is 0.756 e. The Morgan fingerprint density at radius 1 is 0.455 bits per heavy atom. The van der Waals surface area contributed by atoms with E-state index in [-0.39, 0.29) is 31.5 Å². The quantitative estimate of drug-likeness (QED) is 0.0212. The third-order valence-electron chi connectivity index (χ3n) is 15.1. The van der Waals surface area contributed by atoms with Gasteiger partial charge in [-0.1, -0.05) is 289 Å². The minimum atomic E-state index is -4.69. The molecule has 77 heavy (non-hydrogen) atoms. The van der Waals surface area contributed by atoms with Crippen LogP contribution in [0.25, 0.3) is 0 Å². The maximum Gasteiger partial charge on any atom is 0.306 e. The predicted molar refractivity (Wildman–Crippen MR) is 330 cm³/mol. The summed E-state index contributed by atoms with van der Waals surface area (Å²) in [7, 11) is 1.20. The zero-order valence-electron chi connectivity index (χ0n) is 51.9. The van der Waals surface area contributed by atoms with Gasteiger partial charge in [-0.15, -0.1) is 0 Å². The number of likely N-dealkylation sites (N-methyl/N-ethyl adjacent to an activating group) is 1. The second-order valence-corrected chi connectivity index (χ2v) is 25.4. The van der Waals surface area contributed by atoms with Gasteiger partial charge >= 0.3 is 5.97 Å². The first-order valence-corrected chi connectivity index (χ1v) is 34.8. The fourth-order valence-electron chi connectivity index (χ4n) is 9.91. The standard InChI is InChI=1S/C67H129N2O7P/c1-7-10-13-16-19-22-25-27-29-30-31-32-33-34-35-36-37-38-40-42-45-48-51-54-57-60-67(71)76-65(58-55-52-49-46-43-24-21-18-15-12-9-3)64(63-75-77(72,73)74-62-61-69(4,5)6)68-66(70)59-56-53-50-47-44-41-39-28-26-23-20-17-14-11-8-2/h19,22,27,29,55,58,64-65H,7-18,20-21,23-26,28,30-54,56-57,59-63H2,1-6H3,(H-,68,70,72,73)/b22-19-,29-27-,58-55+. The number of unbranched alkanes of at least 4 members (excludes halogenated alkanes) is 41. The average molecular weight is 1110 g/mol. The van der Waals surface area contributed by atoms with Gasteiger partial charge < -0.3 is 28.5 Å². The molecule has 0 saturated heterocycles. The van der Waals surface area contributed by atoms with E-state index in [0.29, 0.717) is 17.4 Å². The van der Waals surface area contributed by atoms with Gasteiger partial charge in [-0.25, -0.2) is 0 Å². The van der Waals surface area contributed by atoms with Crippen LogP contribution in [0.4, 0.5) is 0 Å². The van der Waals surface area contributed by atoms with Crippen molar-refractivity contribution >= 4 is 19.7 Å². The third kappa shape index (κ3) is 58.7. The number of allylic oxidation sites excluding steroid dienone is 5. The summed E-state index contributed by atoms with van der Waals surface area (Å²) < 4.78 is 30.4. The van der Waals surface area contributed by atoms with Crippen molar-refractivity contribution in [3.05, 3.63) is 36.5 Å². The highest BCUT2D eigenvalue weighted by molar-refractivity contribution is 7.45. The van der Waals surface area contributed by atoms with Gasteiger partial charge in [0.2, 0.25) is 5.91 Å². The molecule has 0 heterocycles. The number of amides is 1. The lowest BCUT2D eigenvalue weighted by Crippen LogP contribution is -2.47. The van der Waals surface area contributed by atoms with Gasteiger partial charge in [-0.3, -0.25) is 14.2 Å². The molecule has 0 aliphatic heterocycles. The molecule has 3 unspecified atom stereocenters. The molecule has 0 aromatic rings. The SMILES string of the molecule is CCCCC/C=C\C/C=C\CCCCCCCCCCCCCCCCCC(=O)OC(/C=C/CCCCCCCCCCC)C(COP(=O)([O-])OCC[N+](C)(C)C)NC(=O)CCCCCCCCCCCCCCCCC.